The van der Waals surface area contributed by atoms with Gasteiger partial charge < -0.3 is 14.3 Å². The first-order chi connectivity index (χ1) is 16.6. The van der Waals surface area contributed by atoms with Crippen molar-refractivity contribution in [3.63, 3.8) is 0 Å². The Labute approximate surface area is 200 Å². The summed E-state index contributed by atoms with van der Waals surface area (Å²) in [5, 5.41) is 1.04. The number of H-pyrrole nitrogens is 1. The van der Waals surface area contributed by atoms with Crippen LogP contribution in [0.4, 0.5) is 0 Å². The Morgan fingerprint density at radius 1 is 0.882 bits per heavy atom. The second-order valence-corrected chi connectivity index (χ2v) is 8.23. The van der Waals surface area contributed by atoms with Gasteiger partial charge in [-0.15, -0.1) is 0 Å². The van der Waals surface area contributed by atoms with Crippen LogP contribution in [0.2, 0.25) is 5.02 Å². The van der Waals surface area contributed by atoms with Gasteiger partial charge >= 0.3 is 0 Å². The van der Waals surface area contributed by atoms with Crippen LogP contribution in [-0.2, 0) is 13.1 Å². The van der Waals surface area contributed by atoms with Crippen LogP contribution >= 0.6 is 11.6 Å². The minimum absolute atomic E-state index is 0.107. The molecule has 6 nitrogen and oxygen atoms in total. The number of halogens is 1. The van der Waals surface area contributed by atoms with Crippen molar-refractivity contribution in [1.82, 2.24) is 14.9 Å². The van der Waals surface area contributed by atoms with Gasteiger partial charge in [0.05, 0.1) is 22.5 Å². The third kappa shape index (κ3) is 4.49. The largest absolute Gasteiger partial charge is 0.451 e. The van der Waals surface area contributed by atoms with E-state index in [0.29, 0.717) is 39.6 Å². The normalized spacial score (nSPS) is 11.0. The van der Waals surface area contributed by atoms with Crippen molar-refractivity contribution in [2.75, 3.05) is 0 Å². The Hall–Kier alpha value is -4.16. The first-order valence-corrected chi connectivity index (χ1v) is 11.1. The van der Waals surface area contributed by atoms with Crippen LogP contribution in [0.3, 0.4) is 0 Å². The Morgan fingerprint density at radius 3 is 2.44 bits per heavy atom. The molecule has 2 aromatic heterocycles. The topological polar surface area (TPSA) is 79.2 Å². The maximum atomic E-state index is 13.5. The van der Waals surface area contributed by atoms with E-state index in [1.807, 2.05) is 54.6 Å². The molecule has 2 heterocycles. The van der Waals surface area contributed by atoms with Crippen LogP contribution in [-0.4, -0.2) is 20.8 Å². The van der Waals surface area contributed by atoms with E-state index in [1.165, 1.54) is 0 Å². The number of aromatic amines is 1. The lowest BCUT2D eigenvalue weighted by Crippen LogP contribution is -2.31. The quantitative estimate of drug-likeness (QED) is 0.347. The van der Waals surface area contributed by atoms with Crippen molar-refractivity contribution in [3.8, 4) is 11.3 Å². The van der Waals surface area contributed by atoms with Crippen LogP contribution in [0.5, 0.6) is 0 Å². The molecule has 5 aromatic rings. The molecule has 1 amide bonds. The van der Waals surface area contributed by atoms with E-state index in [1.54, 1.807) is 41.3 Å². The maximum Gasteiger partial charge on any atom is 0.290 e. The number of nitrogens with one attached hydrogen (secondary N) is 1. The summed E-state index contributed by atoms with van der Waals surface area (Å²) in [4.78, 5) is 35.0. The summed E-state index contributed by atoms with van der Waals surface area (Å²) >= 11 is 6.29. The van der Waals surface area contributed by atoms with E-state index in [9.17, 15) is 9.59 Å². The molecule has 0 radical (unpaired) electrons. The van der Waals surface area contributed by atoms with Crippen LogP contribution < -0.4 is 5.56 Å². The zero-order chi connectivity index (χ0) is 23.5. The predicted molar refractivity (Wildman–Crippen MR) is 132 cm³/mol. The molecule has 34 heavy (non-hydrogen) atoms. The molecule has 5 rings (SSSR count). The summed E-state index contributed by atoms with van der Waals surface area (Å²) in [6.45, 7) is 0.425. The summed E-state index contributed by atoms with van der Waals surface area (Å²) in [6.07, 6.45) is 0. The van der Waals surface area contributed by atoms with Gasteiger partial charge in [-0.2, -0.15) is 0 Å². The minimum Gasteiger partial charge on any atom is -0.451 e. The zero-order valence-electron chi connectivity index (χ0n) is 18.1. The molecule has 0 fully saturated rings. The number of para-hydroxylation sites is 1. The second-order valence-electron chi connectivity index (χ2n) is 7.82. The molecule has 0 saturated heterocycles. The fourth-order valence-electron chi connectivity index (χ4n) is 3.81. The summed E-state index contributed by atoms with van der Waals surface area (Å²) in [7, 11) is 0. The number of aromatic nitrogens is 2. The minimum atomic E-state index is -0.321. The van der Waals surface area contributed by atoms with Crippen LogP contribution in [0, 0.1) is 0 Å². The summed E-state index contributed by atoms with van der Waals surface area (Å²) < 4.78 is 5.89. The van der Waals surface area contributed by atoms with Crippen LogP contribution in [0.25, 0.3) is 22.2 Å². The third-order valence-electron chi connectivity index (χ3n) is 5.46. The second kappa shape index (κ2) is 9.37. The zero-order valence-corrected chi connectivity index (χ0v) is 18.8. The number of hydrogen-bond donors (Lipinski definition) is 1. The molecule has 7 heteroatoms. The monoisotopic (exact) mass is 469 g/mol. The lowest BCUT2D eigenvalue weighted by atomic mass is 10.2. The van der Waals surface area contributed by atoms with Crippen molar-refractivity contribution >= 4 is 28.4 Å². The van der Waals surface area contributed by atoms with Crippen molar-refractivity contribution in [1.29, 1.82) is 0 Å². The lowest BCUT2D eigenvalue weighted by molar-refractivity contribution is 0.0694. The van der Waals surface area contributed by atoms with E-state index in [2.05, 4.69) is 9.97 Å². The van der Waals surface area contributed by atoms with Gasteiger partial charge in [0.25, 0.3) is 11.5 Å². The number of fused-ring (bicyclic) bond motifs is 1. The van der Waals surface area contributed by atoms with E-state index in [0.717, 1.165) is 5.56 Å². The Bertz CT molecular complexity index is 1530. The smallest absolute Gasteiger partial charge is 0.290 e. The molecule has 0 unspecified atom stereocenters. The average molecular weight is 470 g/mol. The molecule has 3 aromatic carbocycles. The van der Waals surface area contributed by atoms with E-state index >= 15 is 0 Å². The molecule has 0 bridgehead atoms. The molecule has 168 valence electrons. The molecule has 0 atom stereocenters. The van der Waals surface area contributed by atoms with E-state index in [-0.39, 0.29) is 23.8 Å². The van der Waals surface area contributed by atoms with Gasteiger partial charge in [0.1, 0.15) is 11.6 Å². The summed E-state index contributed by atoms with van der Waals surface area (Å²) in [6, 6.07) is 27.4. The molecule has 0 aliphatic carbocycles. The molecule has 0 spiro atoms. The standard InChI is InChI=1S/C27H20ClN3O3/c28-21-12-6-4-10-19(21)23-14-15-24(34-23)27(33)31(16-18-8-2-1-3-9-18)17-25-29-22-13-7-5-11-20(22)26(32)30-25/h1-15H,16-17H2,(H,29,30,32). The highest BCUT2D eigenvalue weighted by molar-refractivity contribution is 6.33. The first kappa shape index (κ1) is 21.7. The van der Waals surface area contributed by atoms with Gasteiger partial charge in [-0.1, -0.05) is 66.2 Å². The molecule has 1 N–H and O–H groups in total. The van der Waals surface area contributed by atoms with Crippen LogP contribution in [0.1, 0.15) is 21.9 Å². The SMILES string of the molecule is O=C(c1ccc(-c2ccccc2Cl)o1)N(Cc1ccccc1)Cc1nc2ccccc2c(=O)[nH]1. The van der Waals surface area contributed by atoms with Crippen molar-refractivity contribution in [2.24, 2.45) is 0 Å². The van der Waals surface area contributed by atoms with Crippen LogP contribution in [0.15, 0.2) is 100 Å². The fraction of sp³-hybridized carbons (Fsp3) is 0.0741. The Morgan fingerprint density at radius 2 is 1.62 bits per heavy atom. The number of benzene rings is 3. The van der Waals surface area contributed by atoms with E-state index < -0.39 is 0 Å². The number of furan rings is 1. The number of carbonyl (C=O) groups excluding carboxylic acids is 1. The Kier molecular flexibility index (Phi) is 5.97. The first-order valence-electron chi connectivity index (χ1n) is 10.7. The third-order valence-corrected chi connectivity index (χ3v) is 5.79. The number of amides is 1. The van der Waals surface area contributed by atoms with Gasteiger partial charge in [0.15, 0.2) is 5.76 Å². The molecule has 0 aliphatic rings. The Balaban J connectivity index is 1.48. The predicted octanol–water partition coefficient (Wildman–Crippen LogP) is 5.68. The molecular formula is C27H20ClN3O3. The van der Waals surface area contributed by atoms with Gasteiger partial charge in [-0.05, 0) is 42.0 Å². The maximum absolute atomic E-state index is 13.5. The van der Waals surface area contributed by atoms with Gasteiger partial charge in [0.2, 0.25) is 0 Å². The molecule has 0 aliphatic heterocycles. The van der Waals surface area contributed by atoms with E-state index in [4.69, 9.17) is 16.0 Å². The average Bonchev–Trinajstić information content (AvgIpc) is 3.34. The van der Waals surface area contributed by atoms with Crippen molar-refractivity contribution in [3.05, 3.63) is 124 Å². The summed E-state index contributed by atoms with van der Waals surface area (Å²) in [5.74, 6) is 0.753. The number of hydrogen-bond acceptors (Lipinski definition) is 4. The lowest BCUT2D eigenvalue weighted by Gasteiger charge is -2.21. The van der Waals surface area contributed by atoms with Gasteiger partial charge in [0, 0.05) is 12.1 Å². The molecule has 0 saturated carbocycles. The highest BCUT2D eigenvalue weighted by Crippen LogP contribution is 2.29. The number of rotatable bonds is 6. The number of nitrogens with zero attached hydrogens (tertiary/aromatic N) is 2. The molecular weight excluding hydrogens is 450 g/mol. The van der Waals surface area contributed by atoms with Gasteiger partial charge in [-0.25, -0.2) is 4.98 Å². The fourth-order valence-corrected chi connectivity index (χ4v) is 4.04. The van der Waals surface area contributed by atoms with Crippen molar-refractivity contribution < 1.29 is 9.21 Å². The highest BCUT2D eigenvalue weighted by Gasteiger charge is 2.22. The van der Waals surface area contributed by atoms with Crippen molar-refractivity contribution in [2.45, 2.75) is 13.1 Å². The highest BCUT2D eigenvalue weighted by atomic mass is 35.5. The summed E-state index contributed by atoms with van der Waals surface area (Å²) in [5.41, 5.74) is 1.98. The number of carbonyl (C=O) groups is 1. The van der Waals surface area contributed by atoms with Gasteiger partial charge in [-0.3, -0.25) is 9.59 Å².